The zero-order valence-corrected chi connectivity index (χ0v) is 11.6. The Labute approximate surface area is 121 Å². The molecule has 1 saturated carbocycles. The average molecular weight is 291 g/mol. The lowest BCUT2D eigenvalue weighted by Gasteiger charge is -2.31. The van der Waals surface area contributed by atoms with E-state index >= 15 is 0 Å². The number of benzene rings is 1. The molecule has 0 spiro atoms. The third kappa shape index (κ3) is 2.49. The summed E-state index contributed by atoms with van der Waals surface area (Å²) in [5, 5.41) is 14.1. The van der Waals surface area contributed by atoms with E-state index in [0.29, 0.717) is 23.2 Å². The zero-order chi connectivity index (χ0) is 14.1. The summed E-state index contributed by atoms with van der Waals surface area (Å²) >= 11 is 6.04. The zero-order valence-electron chi connectivity index (χ0n) is 10.8. The minimum Gasteiger partial charge on any atom is -0.393 e. The van der Waals surface area contributed by atoms with Crippen LogP contribution in [0.3, 0.4) is 0 Å². The third-order valence-corrected chi connectivity index (χ3v) is 4.05. The van der Waals surface area contributed by atoms with Gasteiger partial charge in [-0.2, -0.15) is 0 Å². The van der Waals surface area contributed by atoms with Gasteiger partial charge in [0.05, 0.1) is 11.7 Å². The van der Waals surface area contributed by atoms with Crippen molar-refractivity contribution in [1.29, 1.82) is 0 Å². The fourth-order valence-electron chi connectivity index (χ4n) is 2.54. The molecule has 104 valence electrons. The summed E-state index contributed by atoms with van der Waals surface area (Å²) in [6.07, 6.45) is 2.84. The molecule has 0 aliphatic heterocycles. The highest BCUT2D eigenvalue weighted by molar-refractivity contribution is 6.34. The first kappa shape index (κ1) is 13.3. The highest BCUT2D eigenvalue weighted by atomic mass is 35.5. The molecule has 1 aromatic heterocycles. The van der Waals surface area contributed by atoms with Crippen LogP contribution in [0.2, 0.25) is 5.15 Å². The number of halogens is 1. The molecular weight excluding hydrogens is 276 g/mol. The number of aliphatic hydroxyl groups excluding tert-OH is 1. The molecule has 1 aromatic carbocycles. The van der Waals surface area contributed by atoms with E-state index < -0.39 is 0 Å². The summed E-state index contributed by atoms with van der Waals surface area (Å²) in [4.78, 5) is 16.3. The van der Waals surface area contributed by atoms with Crippen molar-refractivity contribution in [3.05, 3.63) is 41.2 Å². The number of fused-ring (bicyclic) bond motifs is 1. The maximum absolute atomic E-state index is 12.2. The second kappa shape index (κ2) is 5.38. The van der Waals surface area contributed by atoms with E-state index in [9.17, 15) is 9.90 Å². The van der Waals surface area contributed by atoms with E-state index in [1.165, 1.54) is 6.20 Å². The molecule has 0 unspecified atom stereocenters. The Morgan fingerprint density at radius 3 is 2.75 bits per heavy atom. The molecule has 5 heteroatoms. The van der Waals surface area contributed by atoms with Gasteiger partial charge in [-0.3, -0.25) is 4.79 Å². The van der Waals surface area contributed by atoms with Gasteiger partial charge >= 0.3 is 0 Å². The second-order valence-electron chi connectivity index (χ2n) is 5.21. The van der Waals surface area contributed by atoms with Crippen molar-refractivity contribution in [2.24, 2.45) is 5.92 Å². The van der Waals surface area contributed by atoms with Crippen molar-refractivity contribution < 1.29 is 9.90 Å². The standard InChI is InChI=1S/C15H15ClN2O2/c16-14-12-4-2-1-3-11(12)13(8-17-14)15(20)18-7-9-5-10(19)6-9/h1-4,8-10,19H,5-7H2,(H,18,20). The maximum atomic E-state index is 12.2. The topological polar surface area (TPSA) is 62.2 Å². The predicted octanol–water partition coefficient (Wildman–Crippen LogP) is 2.39. The molecule has 1 aliphatic rings. The number of hydrogen-bond donors (Lipinski definition) is 2. The molecule has 1 heterocycles. The molecule has 2 aromatic rings. The van der Waals surface area contributed by atoms with E-state index in [1.807, 2.05) is 24.3 Å². The number of nitrogens with one attached hydrogen (secondary N) is 1. The molecule has 20 heavy (non-hydrogen) atoms. The minimum atomic E-state index is -0.199. The monoisotopic (exact) mass is 290 g/mol. The predicted molar refractivity (Wildman–Crippen MR) is 77.8 cm³/mol. The first-order valence-corrected chi connectivity index (χ1v) is 7.02. The van der Waals surface area contributed by atoms with Crippen LogP contribution in [0, 0.1) is 5.92 Å². The van der Waals surface area contributed by atoms with Gasteiger partial charge in [0.25, 0.3) is 5.91 Å². The average Bonchev–Trinajstić information content (AvgIpc) is 2.43. The molecular formula is C15H15ClN2O2. The Bertz CT molecular complexity index is 653. The Balaban J connectivity index is 1.79. The van der Waals surface area contributed by atoms with Gasteiger partial charge in [0, 0.05) is 18.1 Å². The van der Waals surface area contributed by atoms with Crippen molar-refractivity contribution in [3.8, 4) is 0 Å². The van der Waals surface area contributed by atoms with Crippen LogP contribution in [0.25, 0.3) is 10.8 Å². The molecule has 4 nitrogen and oxygen atoms in total. The maximum Gasteiger partial charge on any atom is 0.253 e. The highest BCUT2D eigenvalue weighted by Gasteiger charge is 2.27. The van der Waals surface area contributed by atoms with Crippen molar-refractivity contribution in [1.82, 2.24) is 10.3 Å². The third-order valence-electron chi connectivity index (χ3n) is 3.75. The van der Waals surface area contributed by atoms with Crippen LogP contribution in [-0.4, -0.2) is 28.6 Å². The Kier molecular flexibility index (Phi) is 3.59. The number of aliphatic hydroxyl groups is 1. The van der Waals surface area contributed by atoms with E-state index in [4.69, 9.17) is 11.6 Å². The van der Waals surface area contributed by atoms with Crippen LogP contribution in [0.15, 0.2) is 30.5 Å². The van der Waals surface area contributed by atoms with Crippen molar-refractivity contribution in [2.45, 2.75) is 18.9 Å². The summed E-state index contributed by atoms with van der Waals surface area (Å²) < 4.78 is 0. The summed E-state index contributed by atoms with van der Waals surface area (Å²) in [5.41, 5.74) is 0.532. The number of rotatable bonds is 3. The molecule has 0 bridgehead atoms. The van der Waals surface area contributed by atoms with E-state index in [2.05, 4.69) is 10.3 Å². The largest absolute Gasteiger partial charge is 0.393 e. The van der Waals surface area contributed by atoms with Gasteiger partial charge in [0.1, 0.15) is 5.15 Å². The Hall–Kier alpha value is -1.65. The quantitative estimate of drug-likeness (QED) is 0.853. The summed E-state index contributed by atoms with van der Waals surface area (Å²) in [6, 6.07) is 7.46. The van der Waals surface area contributed by atoms with Crippen molar-refractivity contribution in [3.63, 3.8) is 0 Å². The van der Waals surface area contributed by atoms with Gasteiger partial charge in [-0.1, -0.05) is 35.9 Å². The fourth-order valence-corrected chi connectivity index (χ4v) is 2.75. The normalized spacial score (nSPS) is 21.5. The fraction of sp³-hybridized carbons (Fsp3) is 0.333. The molecule has 2 N–H and O–H groups in total. The Morgan fingerprint density at radius 1 is 1.35 bits per heavy atom. The van der Waals surface area contributed by atoms with Gasteiger partial charge in [-0.15, -0.1) is 0 Å². The second-order valence-corrected chi connectivity index (χ2v) is 5.57. The lowest BCUT2D eigenvalue weighted by atomic mass is 9.82. The van der Waals surface area contributed by atoms with Crippen molar-refractivity contribution in [2.75, 3.05) is 6.54 Å². The van der Waals surface area contributed by atoms with E-state index in [0.717, 1.165) is 23.6 Å². The smallest absolute Gasteiger partial charge is 0.253 e. The summed E-state index contributed by atoms with van der Waals surface area (Å²) in [6.45, 7) is 0.590. The van der Waals surface area contributed by atoms with Crippen LogP contribution in [0.1, 0.15) is 23.2 Å². The van der Waals surface area contributed by atoms with Gasteiger partial charge in [-0.05, 0) is 24.1 Å². The molecule has 0 atom stereocenters. The van der Waals surface area contributed by atoms with Crippen LogP contribution >= 0.6 is 11.6 Å². The van der Waals surface area contributed by atoms with Gasteiger partial charge in [-0.25, -0.2) is 4.98 Å². The number of nitrogens with zero attached hydrogens (tertiary/aromatic N) is 1. The van der Waals surface area contributed by atoms with Crippen LogP contribution in [0.4, 0.5) is 0 Å². The number of amides is 1. The minimum absolute atomic E-state index is 0.147. The SMILES string of the molecule is O=C(NCC1CC(O)C1)c1cnc(Cl)c2ccccc12. The first-order valence-electron chi connectivity index (χ1n) is 6.64. The number of aromatic nitrogens is 1. The van der Waals surface area contributed by atoms with E-state index in [1.54, 1.807) is 0 Å². The lowest BCUT2D eigenvalue weighted by molar-refractivity contribution is 0.0420. The van der Waals surface area contributed by atoms with Crippen LogP contribution in [-0.2, 0) is 0 Å². The summed E-state index contributed by atoms with van der Waals surface area (Å²) in [5.74, 6) is 0.229. The Morgan fingerprint density at radius 2 is 2.05 bits per heavy atom. The first-order chi connectivity index (χ1) is 9.65. The van der Waals surface area contributed by atoms with Gasteiger partial charge < -0.3 is 10.4 Å². The highest BCUT2D eigenvalue weighted by Crippen LogP contribution is 2.27. The number of pyridine rings is 1. The van der Waals surface area contributed by atoms with Crippen LogP contribution in [0.5, 0.6) is 0 Å². The van der Waals surface area contributed by atoms with Crippen molar-refractivity contribution >= 4 is 28.3 Å². The lowest BCUT2D eigenvalue weighted by Crippen LogP contribution is -2.38. The number of hydrogen-bond acceptors (Lipinski definition) is 3. The molecule has 1 amide bonds. The van der Waals surface area contributed by atoms with Gasteiger partial charge in [0.15, 0.2) is 0 Å². The van der Waals surface area contributed by atoms with E-state index in [-0.39, 0.29) is 12.0 Å². The molecule has 0 saturated heterocycles. The summed E-state index contributed by atoms with van der Waals surface area (Å²) in [7, 11) is 0. The molecule has 3 rings (SSSR count). The number of carbonyl (C=O) groups excluding carboxylic acids is 1. The molecule has 1 fully saturated rings. The molecule has 1 aliphatic carbocycles. The molecule has 0 radical (unpaired) electrons. The number of carbonyl (C=O) groups is 1. The van der Waals surface area contributed by atoms with Gasteiger partial charge in [0.2, 0.25) is 0 Å². The van der Waals surface area contributed by atoms with Crippen LogP contribution < -0.4 is 5.32 Å².